The second-order valence-electron chi connectivity index (χ2n) is 13.3. The Labute approximate surface area is 306 Å². The normalized spacial score (nSPS) is 12.5. The molecule has 0 atom stereocenters. The van der Waals surface area contributed by atoms with Crippen LogP contribution in [0.15, 0.2) is 164 Å². The summed E-state index contributed by atoms with van der Waals surface area (Å²) in [7, 11) is 1.74. The predicted molar refractivity (Wildman–Crippen MR) is 211 cm³/mol. The van der Waals surface area contributed by atoms with E-state index in [0.29, 0.717) is 11.3 Å². The Morgan fingerprint density at radius 1 is 0.500 bits per heavy atom. The van der Waals surface area contributed by atoms with Gasteiger partial charge in [-0.15, -0.1) is 0 Å². The lowest BCUT2D eigenvalue weighted by molar-refractivity contribution is 0.0735. The van der Waals surface area contributed by atoms with E-state index in [9.17, 15) is 4.79 Å². The highest BCUT2D eigenvalue weighted by atomic mass is 16.5. The minimum Gasteiger partial charge on any atom is -0.496 e. The number of ether oxygens (including phenoxy) is 2. The number of carbonyl (C=O) groups excluding carboxylic acids is 1. The molecule has 0 amide bonds. The highest BCUT2D eigenvalue weighted by Gasteiger charge is 2.46. The van der Waals surface area contributed by atoms with Crippen LogP contribution in [0.5, 0.6) is 11.5 Å². The Hall–Kier alpha value is -6.19. The number of aryl methyl sites for hydroxylation is 2. The van der Waals surface area contributed by atoms with Gasteiger partial charge in [0.05, 0.1) is 18.1 Å². The van der Waals surface area contributed by atoms with Gasteiger partial charge in [-0.05, 0) is 105 Å². The first kappa shape index (κ1) is 33.0. The Morgan fingerprint density at radius 3 is 1.46 bits per heavy atom. The van der Waals surface area contributed by atoms with Crippen LogP contribution >= 0.6 is 0 Å². The molecule has 0 heterocycles. The molecule has 0 radical (unpaired) electrons. The van der Waals surface area contributed by atoms with E-state index >= 15 is 0 Å². The van der Waals surface area contributed by atoms with Crippen molar-refractivity contribution < 1.29 is 14.3 Å². The van der Waals surface area contributed by atoms with E-state index in [2.05, 4.69) is 141 Å². The Bertz CT molecular complexity index is 2340. The molecule has 7 aromatic rings. The molecule has 3 nitrogen and oxygen atoms in total. The van der Waals surface area contributed by atoms with Crippen LogP contribution in [-0.4, -0.2) is 13.1 Å². The van der Waals surface area contributed by atoms with E-state index in [4.69, 9.17) is 9.47 Å². The van der Waals surface area contributed by atoms with E-state index < -0.39 is 5.41 Å². The number of hydrogen-bond acceptors (Lipinski definition) is 3. The van der Waals surface area contributed by atoms with E-state index in [1.54, 1.807) is 19.2 Å². The fraction of sp³-hybridized carbons (Fsp3) is 0.122. The summed E-state index contributed by atoms with van der Waals surface area (Å²) in [6.45, 7) is 4.33. The molecule has 0 aliphatic heterocycles. The summed E-state index contributed by atoms with van der Waals surface area (Å²) in [5.41, 5.74) is 13.4. The lowest BCUT2D eigenvalue weighted by Crippen LogP contribution is -2.29. The van der Waals surface area contributed by atoms with E-state index in [1.165, 1.54) is 33.4 Å². The van der Waals surface area contributed by atoms with E-state index in [-0.39, 0.29) is 5.97 Å². The van der Waals surface area contributed by atoms with Gasteiger partial charge in [0.1, 0.15) is 11.5 Å². The molecule has 254 valence electrons. The third-order valence-electron chi connectivity index (χ3n) is 10.6. The maximum atomic E-state index is 13.5. The van der Waals surface area contributed by atoms with Crippen molar-refractivity contribution in [3.8, 4) is 44.9 Å². The fourth-order valence-corrected chi connectivity index (χ4v) is 7.84. The summed E-state index contributed by atoms with van der Waals surface area (Å²) in [5.74, 6) is 0.950. The summed E-state index contributed by atoms with van der Waals surface area (Å²) >= 11 is 0. The van der Waals surface area contributed by atoms with Gasteiger partial charge in [-0.2, -0.15) is 0 Å². The van der Waals surface area contributed by atoms with Crippen molar-refractivity contribution in [2.75, 3.05) is 7.11 Å². The number of carbonyl (C=O) groups is 1. The van der Waals surface area contributed by atoms with Crippen LogP contribution in [0.3, 0.4) is 0 Å². The molecule has 3 heteroatoms. The summed E-state index contributed by atoms with van der Waals surface area (Å²) in [6.07, 6.45) is 1.92. The first-order valence-corrected chi connectivity index (χ1v) is 18.0. The molecular formula is C49H40O3. The molecule has 0 spiro atoms. The maximum absolute atomic E-state index is 13.5. The lowest BCUT2D eigenvalue weighted by atomic mass is 9.67. The van der Waals surface area contributed by atoms with Gasteiger partial charge in [0.2, 0.25) is 0 Å². The van der Waals surface area contributed by atoms with Crippen LogP contribution < -0.4 is 9.47 Å². The molecular weight excluding hydrogens is 637 g/mol. The topological polar surface area (TPSA) is 35.5 Å². The van der Waals surface area contributed by atoms with Gasteiger partial charge in [0, 0.05) is 11.1 Å². The van der Waals surface area contributed by atoms with Crippen LogP contribution in [0, 0.1) is 0 Å². The quantitative estimate of drug-likeness (QED) is 0.113. The van der Waals surface area contributed by atoms with Crippen molar-refractivity contribution >= 4 is 5.97 Å². The van der Waals surface area contributed by atoms with E-state index in [1.807, 2.05) is 24.3 Å². The predicted octanol–water partition coefficient (Wildman–Crippen LogP) is 11.7. The highest BCUT2D eigenvalue weighted by Crippen LogP contribution is 2.57. The van der Waals surface area contributed by atoms with Crippen molar-refractivity contribution in [2.45, 2.75) is 32.1 Å². The molecule has 0 bridgehead atoms. The highest BCUT2D eigenvalue weighted by molar-refractivity contribution is 5.93. The van der Waals surface area contributed by atoms with Gasteiger partial charge in [0.25, 0.3) is 0 Å². The van der Waals surface area contributed by atoms with Crippen LogP contribution in [-0.2, 0) is 18.3 Å². The number of esters is 1. The molecule has 0 unspecified atom stereocenters. The number of methoxy groups -OCH3 is 1. The second kappa shape index (κ2) is 13.8. The number of benzene rings is 7. The Balaban J connectivity index is 1.40. The smallest absolute Gasteiger partial charge is 0.343 e. The molecule has 52 heavy (non-hydrogen) atoms. The minimum absolute atomic E-state index is 0.389. The second-order valence-corrected chi connectivity index (χ2v) is 13.3. The SMILES string of the molecule is CCc1ccc(-c2cc(C3(c4ccc(OC(=O)c5ccccc5)c(-c5ccc(CC)cc5)c4)c4ccccc4-c4ccccc43)ccc2OC)cc1. The van der Waals surface area contributed by atoms with Crippen LogP contribution in [0.2, 0.25) is 0 Å². The molecule has 1 aliphatic rings. The van der Waals surface area contributed by atoms with Crippen molar-refractivity contribution in [1.82, 2.24) is 0 Å². The lowest BCUT2D eigenvalue weighted by Gasteiger charge is -2.35. The molecule has 1 aliphatic carbocycles. The molecule has 0 fully saturated rings. The largest absolute Gasteiger partial charge is 0.496 e. The summed E-state index contributed by atoms with van der Waals surface area (Å²) in [6, 6.07) is 56.9. The Kier molecular flexibility index (Phi) is 8.78. The monoisotopic (exact) mass is 676 g/mol. The number of hydrogen-bond donors (Lipinski definition) is 0. The molecule has 0 saturated carbocycles. The minimum atomic E-state index is -0.683. The summed E-state index contributed by atoms with van der Waals surface area (Å²) in [4.78, 5) is 13.5. The number of fused-ring (bicyclic) bond motifs is 3. The van der Waals surface area contributed by atoms with Crippen molar-refractivity contribution in [1.29, 1.82) is 0 Å². The molecule has 0 saturated heterocycles. The number of rotatable bonds is 9. The van der Waals surface area contributed by atoms with Gasteiger partial charge in [0.15, 0.2) is 0 Å². The van der Waals surface area contributed by atoms with Gasteiger partial charge in [-0.25, -0.2) is 4.79 Å². The molecule has 8 rings (SSSR count). The third-order valence-corrected chi connectivity index (χ3v) is 10.6. The molecule has 0 aromatic heterocycles. The standard InChI is InChI=1S/C49H40O3/c1-4-33-19-23-35(24-20-33)42-31-38(27-29-46(42)51-3)49(44-17-11-9-15-40(44)41-16-10-12-18-45(41)49)39-28-30-47(52-48(50)37-13-7-6-8-14-37)43(32-39)36-25-21-34(5-2)22-26-36/h6-32H,4-5H2,1-3H3. The zero-order valence-electron chi connectivity index (χ0n) is 29.7. The molecule has 0 N–H and O–H groups in total. The fourth-order valence-electron chi connectivity index (χ4n) is 7.84. The zero-order valence-corrected chi connectivity index (χ0v) is 29.7. The van der Waals surface area contributed by atoms with Crippen molar-refractivity contribution in [3.63, 3.8) is 0 Å². The van der Waals surface area contributed by atoms with Crippen molar-refractivity contribution in [2.24, 2.45) is 0 Å². The molecule has 7 aromatic carbocycles. The summed E-state index contributed by atoms with van der Waals surface area (Å²) < 4.78 is 12.2. The van der Waals surface area contributed by atoms with Gasteiger partial charge in [-0.1, -0.05) is 141 Å². The first-order chi connectivity index (χ1) is 25.5. The van der Waals surface area contributed by atoms with Crippen LogP contribution in [0.4, 0.5) is 0 Å². The van der Waals surface area contributed by atoms with Gasteiger partial charge < -0.3 is 9.47 Å². The first-order valence-electron chi connectivity index (χ1n) is 18.0. The maximum Gasteiger partial charge on any atom is 0.343 e. The van der Waals surface area contributed by atoms with Crippen molar-refractivity contribution in [3.05, 3.63) is 203 Å². The Morgan fingerprint density at radius 2 is 0.962 bits per heavy atom. The average Bonchev–Trinajstić information content (AvgIpc) is 3.52. The average molecular weight is 677 g/mol. The third kappa shape index (κ3) is 5.59. The van der Waals surface area contributed by atoms with Crippen LogP contribution in [0.1, 0.15) is 57.6 Å². The van der Waals surface area contributed by atoms with Crippen LogP contribution in [0.25, 0.3) is 33.4 Å². The van der Waals surface area contributed by atoms with Gasteiger partial charge in [-0.3, -0.25) is 0 Å². The zero-order chi connectivity index (χ0) is 35.7. The van der Waals surface area contributed by atoms with E-state index in [0.717, 1.165) is 52.0 Å². The summed E-state index contributed by atoms with van der Waals surface area (Å²) in [5, 5.41) is 0. The van der Waals surface area contributed by atoms with Gasteiger partial charge >= 0.3 is 5.97 Å².